The number of amides is 1. The first kappa shape index (κ1) is 12.6. The molecule has 1 saturated carbocycles. The van der Waals surface area contributed by atoms with E-state index < -0.39 is 0 Å². The smallest absolute Gasteiger partial charge is 0.221 e. The van der Waals surface area contributed by atoms with Gasteiger partial charge in [-0.3, -0.25) is 4.79 Å². The van der Waals surface area contributed by atoms with Crippen LogP contribution < -0.4 is 10.6 Å². The number of thiophene rings is 1. The van der Waals surface area contributed by atoms with Crippen LogP contribution in [0, 0.1) is 0 Å². The van der Waals surface area contributed by atoms with Crippen LogP contribution in [0.25, 0.3) is 0 Å². The van der Waals surface area contributed by atoms with Gasteiger partial charge in [0.25, 0.3) is 0 Å². The molecule has 0 bridgehead atoms. The van der Waals surface area contributed by atoms with E-state index in [0.717, 1.165) is 25.8 Å². The lowest BCUT2D eigenvalue weighted by molar-refractivity contribution is -0.121. The van der Waals surface area contributed by atoms with Gasteiger partial charge in [-0.2, -0.15) is 0 Å². The van der Waals surface area contributed by atoms with Crippen LogP contribution in [0.15, 0.2) is 17.5 Å². The largest absolute Gasteiger partial charge is 0.353 e. The predicted octanol–water partition coefficient (Wildman–Crippen LogP) is 2.46. The Hall–Kier alpha value is -0.870. The molecule has 3 nitrogen and oxygen atoms in total. The highest BCUT2D eigenvalue weighted by Crippen LogP contribution is 2.21. The van der Waals surface area contributed by atoms with Crippen LogP contribution in [-0.2, 0) is 4.79 Å². The van der Waals surface area contributed by atoms with Crippen molar-refractivity contribution in [1.29, 1.82) is 0 Å². The van der Waals surface area contributed by atoms with Crippen molar-refractivity contribution in [2.45, 2.75) is 44.7 Å². The second-order valence-corrected chi connectivity index (χ2v) is 5.50. The highest BCUT2D eigenvalue weighted by atomic mass is 32.1. The van der Waals surface area contributed by atoms with Crippen LogP contribution in [0.3, 0.4) is 0 Å². The number of hydrogen-bond acceptors (Lipinski definition) is 3. The number of carbonyl (C=O) groups is 1. The van der Waals surface area contributed by atoms with Crippen molar-refractivity contribution in [2.24, 2.45) is 0 Å². The summed E-state index contributed by atoms with van der Waals surface area (Å²) < 4.78 is 0. The molecule has 1 aromatic heterocycles. The normalized spacial score (nSPS) is 16.8. The van der Waals surface area contributed by atoms with E-state index in [2.05, 4.69) is 35.1 Å². The third kappa shape index (κ3) is 4.13. The number of carbonyl (C=O) groups excluding carboxylic acids is 1. The maximum atomic E-state index is 11.5. The Kier molecular flexibility index (Phi) is 4.57. The first-order valence-corrected chi connectivity index (χ1v) is 7.23. The second-order valence-electron chi connectivity index (χ2n) is 4.52. The maximum Gasteiger partial charge on any atom is 0.221 e. The van der Waals surface area contributed by atoms with Gasteiger partial charge in [-0.1, -0.05) is 13.0 Å². The van der Waals surface area contributed by atoms with Gasteiger partial charge in [-0.25, -0.2) is 0 Å². The Balaban J connectivity index is 1.67. The van der Waals surface area contributed by atoms with E-state index in [-0.39, 0.29) is 5.91 Å². The molecule has 94 valence electrons. The molecule has 0 aliphatic heterocycles. The van der Waals surface area contributed by atoms with Crippen molar-refractivity contribution in [3.8, 4) is 0 Å². The molecule has 0 radical (unpaired) electrons. The van der Waals surface area contributed by atoms with E-state index in [1.165, 1.54) is 4.88 Å². The molecule has 0 aromatic carbocycles. The van der Waals surface area contributed by atoms with Crippen LogP contribution in [0.4, 0.5) is 0 Å². The molecule has 4 heteroatoms. The molecule has 2 rings (SSSR count). The fraction of sp³-hybridized carbons (Fsp3) is 0.615. The molecule has 1 atom stereocenters. The average Bonchev–Trinajstić information content (AvgIpc) is 2.96. The second kappa shape index (κ2) is 6.17. The Morgan fingerprint density at radius 2 is 2.41 bits per heavy atom. The Bertz CT molecular complexity index is 346. The summed E-state index contributed by atoms with van der Waals surface area (Å²) in [5.41, 5.74) is 0. The van der Waals surface area contributed by atoms with Gasteiger partial charge < -0.3 is 10.6 Å². The lowest BCUT2D eigenvalue weighted by Gasteiger charge is -2.15. The van der Waals surface area contributed by atoms with Crippen LogP contribution >= 0.6 is 11.3 Å². The zero-order chi connectivity index (χ0) is 12.1. The number of hydrogen-bond donors (Lipinski definition) is 2. The van der Waals surface area contributed by atoms with Crippen molar-refractivity contribution >= 4 is 17.2 Å². The van der Waals surface area contributed by atoms with Gasteiger partial charge in [-0.15, -0.1) is 11.3 Å². The zero-order valence-corrected chi connectivity index (χ0v) is 11.1. The molecule has 2 N–H and O–H groups in total. The number of rotatable bonds is 7. The minimum absolute atomic E-state index is 0.182. The van der Waals surface area contributed by atoms with Gasteiger partial charge in [0.05, 0.1) is 0 Å². The molecule has 1 aliphatic rings. The summed E-state index contributed by atoms with van der Waals surface area (Å²) in [5.74, 6) is 0.182. The molecular weight excluding hydrogens is 232 g/mol. The fourth-order valence-corrected chi connectivity index (χ4v) is 2.71. The van der Waals surface area contributed by atoms with E-state index in [1.807, 2.05) is 0 Å². The van der Waals surface area contributed by atoms with Gasteiger partial charge in [-0.05, 0) is 30.7 Å². The monoisotopic (exact) mass is 252 g/mol. The van der Waals surface area contributed by atoms with Crippen LogP contribution in [0.5, 0.6) is 0 Å². The van der Waals surface area contributed by atoms with E-state index in [4.69, 9.17) is 0 Å². The van der Waals surface area contributed by atoms with Crippen molar-refractivity contribution < 1.29 is 4.79 Å². The zero-order valence-electron chi connectivity index (χ0n) is 10.2. The van der Waals surface area contributed by atoms with Crippen LogP contribution in [0.2, 0.25) is 0 Å². The molecular formula is C13H20N2OS. The highest BCUT2D eigenvalue weighted by molar-refractivity contribution is 7.10. The predicted molar refractivity (Wildman–Crippen MR) is 71.1 cm³/mol. The van der Waals surface area contributed by atoms with E-state index in [9.17, 15) is 4.79 Å². The van der Waals surface area contributed by atoms with E-state index >= 15 is 0 Å². The van der Waals surface area contributed by atoms with Crippen LogP contribution in [0.1, 0.15) is 43.5 Å². The average molecular weight is 252 g/mol. The quantitative estimate of drug-likeness (QED) is 0.782. The van der Waals surface area contributed by atoms with Gasteiger partial charge in [0.2, 0.25) is 5.91 Å². The third-order valence-corrected chi connectivity index (χ3v) is 3.97. The summed E-state index contributed by atoms with van der Waals surface area (Å²) in [6.07, 6.45) is 3.96. The van der Waals surface area contributed by atoms with E-state index in [1.54, 1.807) is 11.3 Å². The molecule has 0 spiro atoms. The summed E-state index contributed by atoms with van der Waals surface area (Å²) in [7, 11) is 0. The Morgan fingerprint density at radius 3 is 3.00 bits per heavy atom. The summed E-state index contributed by atoms with van der Waals surface area (Å²) >= 11 is 1.77. The molecule has 1 fully saturated rings. The molecule has 1 unspecified atom stereocenters. The van der Waals surface area contributed by atoms with Gasteiger partial charge in [0.1, 0.15) is 0 Å². The lowest BCUT2D eigenvalue weighted by Crippen LogP contribution is -2.30. The van der Waals surface area contributed by atoms with Crippen molar-refractivity contribution in [3.63, 3.8) is 0 Å². The molecule has 1 heterocycles. The summed E-state index contributed by atoms with van der Waals surface area (Å²) in [6, 6.07) is 5.09. The van der Waals surface area contributed by atoms with Gasteiger partial charge in [0, 0.05) is 29.9 Å². The topological polar surface area (TPSA) is 41.1 Å². The standard InChI is InChI=1S/C13H20N2OS/c1-2-11(12-4-3-9-17-12)14-8-7-13(16)15-10-5-6-10/h3-4,9-11,14H,2,5-8H2,1H3,(H,15,16). The van der Waals surface area contributed by atoms with Gasteiger partial charge >= 0.3 is 0 Å². The summed E-state index contributed by atoms with van der Waals surface area (Å²) in [5, 5.41) is 8.55. The maximum absolute atomic E-state index is 11.5. The molecule has 1 aliphatic carbocycles. The fourth-order valence-electron chi connectivity index (χ4n) is 1.82. The molecule has 1 amide bonds. The Labute approximate surface area is 107 Å². The minimum atomic E-state index is 0.182. The summed E-state index contributed by atoms with van der Waals surface area (Å²) in [4.78, 5) is 12.9. The highest BCUT2D eigenvalue weighted by Gasteiger charge is 2.22. The van der Waals surface area contributed by atoms with Crippen molar-refractivity contribution in [1.82, 2.24) is 10.6 Å². The van der Waals surface area contributed by atoms with Gasteiger partial charge in [0.15, 0.2) is 0 Å². The number of nitrogens with one attached hydrogen (secondary N) is 2. The molecule has 0 saturated heterocycles. The van der Waals surface area contributed by atoms with E-state index in [0.29, 0.717) is 18.5 Å². The first-order chi connectivity index (χ1) is 8.29. The van der Waals surface area contributed by atoms with Crippen LogP contribution in [-0.4, -0.2) is 18.5 Å². The lowest BCUT2D eigenvalue weighted by atomic mass is 10.2. The van der Waals surface area contributed by atoms with Crippen molar-refractivity contribution in [2.75, 3.05) is 6.54 Å². The first-order valence-electron chi connectivity index (χ1n) is 6.35. The Morgan fingerprint density at radius 1 is 1.59 bits per heavy atom. The van der Waals surface area contributed by atoms with Crippen molar-refractivity contribution in [3.05, 3.63) is 22.4 Å². The molecule has 1 aromatic rings. The third-order valence-electron chi connectivity index (χ3n) is 2.98. The summed E-state index contributed by atoms with van der Waals surface area (Å²) in [6.45, 7) is 2.93. The SMILES string of the molecule is CCC(NCCC(=O)NC1CC1)c1cccs1. The molecule has 17 heavy (non-hydrogen) atoms. The minimum Gasteiger partial charge on any atom is -0.353 e.